The number of phenols is 2. The topological polar surface area (TPSA) is 60.7 Å². The molecule has 0 fully saturated rings. The highest BCUT2D eigenvalue weighted by Crippen LogP contribution is 2.38. The van der Waals surface area contributed by atoms with Crippen molar-refractivity contribution in [2.45, 2.75) is 12.5 Å². The second kappa shape index (κ2) is 4.11. The molecule has 0 radical (unpaired) electrons. The van der Waals surface area contributed by atoms with Crippen LogP contribution < -0.4 is 0 Å². The molecule has 0 atom stereocenters. The molecule has 2 aromatic carbocycles. The summed E-state index contributed by atoms with van der Waals surface area (Å²) in [6, 6.07) is 13.1. The maximum Gasteiger partial charge on any atom is 0.122 e. The lowest BCUT2D eigenvalue weighted by molar-refractivity contribution is 0.0962. The van der Waals surface area contributed by atoms with Gasteiger partial charge in [-0.3, -0.25) is 0 Å². The standard InChI is InChI=1S/C14H14O3/c1-14(17,10-6-2-4-8-12(10)15)11-7-3-5-9-13(11)16/h2-9,15-17H,1H3. The van der Waals surface area contributed by atoms with Gasteiger partial charge in [-0.25, -0.2) is 0 Å². The molecule has 0 bridgehead atoms. The van der Waals surface area contributed by atoms with Gasteiger partial charge in [0.05, 0.1) is 0 Å². The lowest BCUT2D eigenvalue weighted by atomic mass is 9.87. The Morgan fingerprint density at radius 1 is 0.765 bits per heavy atom. The fourth-order valence-electron chi connectivity index (χ4n) is 1.92. The number of benzene rings is 2. The Bertz CT molecular complexity index is 485. The predicted molar refractivity (Wildman–Crippen MR) is 64.9 cm³/mol. The highest BCUT2D eigenvalue weighted by Gasteiger charge is 2.30. The Hall–Kier alpha value is -2.00. The molecule has 3 N–H and O–H groups in total. The molecule has 3 heteroatoms. The number of para-hydroxylation sites is 2. The van der Waals surface area contributed by atoms with E-state index < -0.39 is 5.60 Å². The van der Waals surface area contributed by atoms with Crippen LogP contribution in [0.1, 0.15) is 18.1 Å². The maximum absolute atomic E-state index is 10.5. The second-order valence-electron chi connectivity index (χ2n) is 4.11. The zero-order valence-electron chi connectivity index (χ0n) is 9.46. The zero-order valence-corrected chi connectivity index (χ0v) is 9.46. The number of aliphatic hydroxyl groups is 1. The molecule has 2 aromatic rings. The first-order valence-electron chi connectivity index (χ1n) is 5.33. The van der Waals surface area contributed by atoms with Crippen LogP contribution in [0.4, 0.5) is 0 Å². The van der Waals surface area contributed by atoms with Gasteiger partial charge in [-0.05, 0) is 19.1 Å². The Morgan fingerprint density at radius 3 is 1.47 bits per heavy atom. The van der Waals surface area contributed by atoms with Crippen molar-refractivity contribution in [2.24, 2.45) is 0 Å². The molecule has 2 rings (SSSR count). The molecular weight excluding hydrogens is 216 g/mol. The lowest BCUT2D eigenvalue weighted by Crippen LogP contribution is -2.22. The number of aromatic hydroxyl groups is 2. The number of hydrogen-bond donors (Lipinski definition) is 3. The summed E-state index contributed by atoms with van der Waals surface area (Å²) in [5.74, 6) is 0.00139. The average molecular weight is 230 g/mol. The van der Waals surface area contributed by atoms with Gasteiger partial charge in [-0.2, -0.15) is 0 Å². The molecule has 3 nitrogen and oxygen atoms in total. The molecule has 17 heavy (non-hydrogen) atoms. The Morgan fingerprint density at radius 2 is 1.12 bits per heavy atom. The molecule has 0 saturated carbocycles. The third-order valence-corrected chi connectivity index (χ3v) is 2.86. The highest BCUT2D eigenvalue weighted by atomic mass is 16.3. The molecule has 0 heterocycles. The van der Waals surface area contributed by atoms with Crippen LogP contribution in [0.3, 0.4) is 0 Å². The van der Waals surface area contributed by atoms with Gasteiger partial charge >= 0.3 is 0 Å². The largest absolute Gasteiger partial charge is 0.508 e. The van der Waals surface area contributed by atoms with Crippen LogP contribution in [0.25, 0.3) is 0 Å². The van der Waals surface area contributed by atoms with Gasteiger partial charge in [0.2, 0.25) is 0 Å². The van der Waals surface area contributed by atoms with E-state index in [0.29, 0.717) is 11.1 Å². The molecule has 0 aromatic heterocycles. The first-order valence-corrected chi connectivity index (χ1v) is 5.33. The summed E-state index contributed by atoms with van der Waals surface area (Å²) < 4.78 is 0. The second-order valence-corrected chi connectivity index (χ2v) is 4.11. The normalized spacial score (nSPS) is 11.4. The van der Waals surface area contributed by atoms with Crippen molar-refractivity contribution in [1.29, 1.82) is 0 Å². The van der Waals surface area contributed by atoms with Gasteiger partial charge < -0.3 is 15.3 Å². The van der Waals surface area contributed by atoms with Crippen LogP contribution in [0, 0.1) is 0 Å². The first-order chi connectivity index (χ1) is 8.03. The van der Waals surface area contributed by atoms with Crippen LogP contribution in [-0.4, -0.2) is 15.3 Å². The van der Waals surface area contributed by atoms with Gasteiger partial charge in [0.1, 0.15) is 17.1 Å². The van der Waals surface area contributed by atoms with E-state index in [0.717, 1.165) is 0 Å². The molecular formula is C14H14O3. The highest BCUT2D eigenvalue weighted by molar-refractivity contribution is 5.47. The fourth-order valence-corrected chi connectivity index (χ4v) is 1.92. The van der Waals surface area contributed by atoms with Gasteiger partial charge in [0.25, 0.3) is 0 Å². The van der Waals surface area contributed by atoms with E-state index >= 15 is 0 Å². The number of hydrogen-bond acceptors (Lipinski definition) is 3. The van der Waals surface area contributed by atoms with Crippen molar-refractivity contribution < 1.29 is 15.3 Å². The van der Waals surface area contributed by atoms with Crippen LogP contribution in [0.15, 0.2) is 48.5 Å². The number of rotatable bonds is 2. The SMILES string of the molecule is CC(O)(c1ccccc1O)c1ccccc1O. The first kappa shape index (κ1) is 11.5. The minimum atomic E-state index is -1.43. The van der Waals surface area contributed by atoms with Crippen LogP contribution in [-0.2, 0) is 5.60 Å². The van der Waals surface area contributed by atoms with Crippen LogP contribution >= 0.6 is 0 Å². The molecule has 0 aliphatic carbocycles. The summed E-state index contributed by atoms with van der Waals surface area (Å²) in [5.41, 5.74) is -0.709. The van der Waals surface area contributed by atoms with Crippen LogP contribution in [0.2, 0.25) is 0 Å². The molecule has 0 aliphatic rings. The summed E-state index contributed by atoms with van der Waals surface area (Å²) >= 11 is 0. The molecule has 0 unspecified atom stereocenters. The van der Waals surface area contributed by atoms with Gasteiger partial charge in [0, 0.05) is 11.1 Å². The predicted octanol–water partition coefficient (Wildman–Crippen LogP) is 2.35. The molecule has 0 aliphatic heterocycles. The van der Waals surface area contributed by atoms with E-state index in [1.165, 1.54) is 19.1 Å². The minimum Gasteiger partial charge on any atom is -0.508 e. The fraction of sp³-hybridized carbons (Fsp3) is 0.143. The van der Waals surface area contributed by atoms with E-state index in [1.54, 1.807) is 36.4 Å². The minimum absolute atomic E-state index is 0.000697. The Balaban J connectivity index is 2.58. The molecule has 88 valence electrons. The summed E-state index contributed by atoms with van der Waals surface area (Å²) in [6.45, 7) is 1.54. The summed E-state index contributed by atoms with van der Waals surface area (Å²) in [5, 5.41) is 30.0. The quantitative estimate of drug-likeness (QED) is 0.742. The third-order valence-electron chi connectivity index (χ3n) is 2.86. The van der Waals surface area contributed by atoms with Crippen molar-refractivity contribution >= 4 is 0 Å². The van der Waals surface area contributed by atoms with Crippen molar-refractivity contribution in [3.63, 3.8) is 0 Å². The summed E-state index contributed by atoms with van der Waals surface area (Å²) in [6.07, 6.45) is 0. The Labute approximate surface area is 99.6 Å². The van der Waals surface area contributed by atoms with E-state index in [-0.39, 0.29) is 11.5 Å². The van der Waals surface area contributed by atoms with E-state index in [9.17, 15) is 15.3 Å². The van der Waals surface area contributed by atoms with Gasteiger partial charge in [0.15, 0.2) is 0 Å². The maximum atomic E-state index is 10.5. The smallest absolute Gasteiger partial charge is 0.122 e. The van der Waals surface area contributed by atoms with Crippen molar-refractivity contribution in [1.82, 2.24) is 0 Å². The molecule has 0 saturated heterocycles. The summed E-state index contributed by atoms with van der Waals surface area (Å²) in [4.78, 5) is 0. The van der Waals surface area contributed by atoms with Crippen molar-refractivity contribution in [3.8, 4) is 11.5 Å². The average Bonchev–Trinajstić information content (AvgIpc) is 2.29. The van der Waals surface area contributed by atoms with Crippen molar-refractivity contribution in [2.75, 3.05) is 0 Å². The van der Waals surface area contributed by atoms with E-state index in [4.69, 9.17) is 0 Å². The monoisotopic (exact) mass is 230 g/mol. The van der Waals surface area contributed by atoms with Gasteiger partial charge in [-0.15, -0.1) is 0 Å². The molecule has 0 spiro atoms. The van der Waals surface area contributed by atoms with E-state index in [2.05, 4.69) is 0 Å². The lowest BCUT2D eigenvalue weighted by Gasteiger charge is -2.25. The zero-order chi connectivity index (χ0) is 12.5. The summed E-state index contributed by atoms with van der Waals surface area (Å²) in [7, 11) is 0. The van der Waals surface area contributed by atoms with E-state index in [1.807, 2.05) is 0 Å². The Kier molecular flexibility index (Phi) is 2.77. The number of phenolic OH excluding ortho intramolecular Hbond substituents is 2. The van der Waals surface area contributed by atoms with Crippen molar-refractivity contribution in [3.05, 3.63) is 59.7 Å². The van der Waals surface area contributed by atoms with Crippen LogP contribution in [0.5, 0.6) is 11.5 Å². The van der Waals surface area contributed by atoms with Gasteiger partial charge in [-0.1, -0.05) is 36.4 Å². The molecule has 0 amide bonds. The third kappa shape index (κ3) is 1.97.